The second kappa shape index (κ2) is 22.0. The number of piperidine rings is 1. The summed E-state index contributed by atoms with van der Waals surface area (Å²) in [6, 6.07) is 19.8. The number of aliphatic hydroxyl groups excluding tert-OH is 1. The summed E-state index contributed by atoms with van der Waals surface area (Å²) in [7, 11) is 1.61. The first-order chi connectivity index (χ1) is 24.9. The number of benzene rings is 3. The van der Waals surface area contributed by atoms with Gasteiger partial charge in [0.2, 0.25) is 5.91 Å². The van der Waals surface area contributed by atoms with Gasteiger partial charge in [-0.05, 0) is 79.9 Å². The monoisotopic (exact) mass is 721 g/mol. The first kappa shape index (κ1) is 40.6. The van der Waals surface area contributed by atoms with E-state index in [4.69, 9.17) is 21.1 Å². The number of hydrogen-bond donors (Lipinski definition) is 5. The minimum atomic E-state index is -0.199. The molecule has 1 aliphatic heterocycles. The molecule has 8 nitrogen and oxygen atoms in total. The summed E-state index contributed by atoms with van der Waals surface area (Å²) >= 11 is 6.60. The zero-order valence-electron chi connectivity index (χ0n) is 30.9. The predicted octanol–water partition coefficient (Wildman–Crippen LogP) is 8.37. The van der Waals surface area contributed by atoms with Crippen LogP contribution in [0.3, 0.4) is 0 Å². The van der Waals surface area contributed by atoms with Crippen LogP contribution in [0.15, 0.2) is 60.7 Å². The molecule has 1 heterocycles. The highest BCUT2D eigenvalue weighted by Gasteiger charge is 2.28. The Morgan fingerprint density at radius 2 is 1.88 bits per heavy atom. The number of aliphatic hydroxyl groups is 1. The molecule has 3 unspecified atom stereocenters. The second-order valence-corrected chi connectivity index (χ2v) is 14.3. The second-order valence-electron chi connectivity index (χ2n) is 13.9. The van der Waals surface area contributed by atoms with Crippen LogP contribution >= 0.6 is 11.6 Å². The van der Waals surface area contributed by atoms with E-state index in [2.05, 4.69) is 60.1 Å². The summed E-state index contributed by atoms with van der Waals surface area (Å²) in [5.74, 6) is 2.29. The van der Waals surface area contributed by atoms with E-state index in [0.29, 0.717) is 59.3 Å². The number of ether oxygens (including phenoxy) is 2. The standard InChI is InChI=1S/C42H60ClN3O5/c1-4-12-31(5-2)36(32-13-8-6-9-14-32)29-51-41-27-45-22-20-33(41)15-10-7-11-16-42(49)46-38-25-40(50-3)34(24-37(38)43)26-44-21-19-30-17-18-39(48)35(23-30)28-47/h6,8-9,13-14,17-18,23-25,31,33,36,41,44-45,47-48H,4-5,7,10-12,15-16,19-22,26-29H2,1-3H3,(H,46,49)/t31?,33?,36?,41-/m1/s1. The third-order valence-electron chi connectivity index (χ3n) is 10.4. The van der Waals surface area contributed by atoms with Gasteiger partial charge in [0.1, 0.15) is 11.5 Å². The van der Waals surface area contributed by atoms with Crippen LogP contribution in [0.4, 0.5) is 5.69 Å². The van der Waals surface area contributed by atoms with Gasteiger partial charge in [-0.3, -0.25) is 4.79 Å². The molecular formula is C42H60ClN3O5. The molecule has 0 radical (unpaired) electrons. The van der Waals surface area contributed by atoms with Gasteiger partial charge in [0.25, 0.3) is 0 Å². The number of amides is 1. The number of nitrogens with one attached hydrogen (secondary N) is 3. The molecule has 1 amide bonds. The van der Waals surface area contributed by atoms with Gasteiger partial charge in [0.15, 0.2) is 0 Å². The quantitative estimate of drug-likeness (QED) is 0.0663. The van der Waals surface area contributed by atoms with Crippen LogP contribution in [0.25, 0.3) is 0 Å². The van der Waals surface area contributed by atoms with Crippen LogP contribution in [0.1, 0.15) is 99.8 Å². The smallest absolute Gasteiger partial charge is 0.224 e. The molecule has 0 bridgehead atoms. The van der Waals surface area contributed by atoms with Crippen molar-refractivity contribution in [2.24, 2.45) is 11.8 Å². The number of carbonyl (C=O) groups excluding carboxylic acids is 1. The summed E-state index contributed by atoms with van der Waals surface area (Å²) in [5, 5.41) is 29.6. The Labute approximate surface area is 310 Å². The van der Waals surface area contributed by atoms with E-state index in [0.717, 1.165) is 75.8 Å². The van der Waals surface area contributed by atoms with E-state index < -0.39 is 0 Å². The molecule has 3 aromatic rings. The minimum Gasteiger partial charge on any atom is -0.508 e. The molecule has 0 aliphatic carbocycles. The van der Waals surface area contributed by atoms with E-state index >= 15 is 0 Å². The SMILES string of the molecule is CCCC(CC)C(CO[C@@H]1CNCCC1CCCCCC(=O)Nc1cc(OC)c(CNCCc2ccc(O)c(CO)c2)cc1Cl)c1ccccc1. The highest BCUT2D eigenvalue weighted by Crippen LogP contribution is 2.34. The fourth-order valence-corrected chi connectivity index (χ4v) is 7.61. The summed E-state index contributed by atoms with van der Waals surface area (Å²) in [6.07, 6.45) is 10.1. The van der Waals surface area contributed by atoms with Crippen molar-refractivity contribution >= 4 is 23.2 Å². The fraction of sp³-hybridized carbons (Fsp3) is 0.548. The van der Waals surface area contributed by atoms with Crippen molar-refractivity contribution in [3.05, 3.63) is 87.9 Å². The number of unbranched alkanes of at least 4 members (excludes halogenated alkanes) is 2. The van der Waals surface area contributed by atoms with Gasteiger partial charge in [-0.2, -0.15) is 0 Å². The Morgan fingerprint density at radius 1 is 1.06 bits per heavy atom. The number of rotatable bonds is 22. The van der Waals surface area contributed by atoms with Crippen molar-refractivity contribution in [1.82, 2.24) is 10.6 Å². The van der Waals surface area contributed by atoms with Crippen LogP contribution in [-0.2, 0) is 29.1 Å². The first-order valence-electron chi connectivity index (χ1n) is 19.0. The average molecular weight is 722 g/mol. The predicted molar refractivity (Wildman–Crippen MR) is 208 cm³/mol. The zero-order chi connectivity index (χ0) is 36.4. The molecule has 3 aromatic carbocycles. The fourth-order valence-electron chi connectivity index (χ4n) is 7.38. The van der Waals surface area contributed by atoms with Crippen molar-refractivity contribution in [2.75, 3.05) is 38.7 Å². The number of aromatic hydroxyl groups is 1. The van der Waals surface area contributed by atoms with E-state index in [1.165, 1.54) is 18.4 Å². The van der Waals surface area contributed by atoms with Crippen molar-refractivity contribution in [1.29, 1.82) is 0 Å². The molecule has 9 heteroatoms. The first-order valence-corrected chi connectivity index (χ1v) is 19.4. The van der Waals surface area contributed by atoms with Gasteiger partial charge in [0.05, 0.1) is 37.1 Å². The van der Waals surface area contributed by atoms with E-state index in [9.17, 15) is 15.0 Å². The van der Waals surface area contributed by atoms with E-state index in [-0.39, 0.29) is 24.4 Å². The number of halogens is 1. The van der Waals surface area contributed by atoms with Crippen LogP contribution in [0.5, 0.6) is 11.5 Å². The molecule has 280 valence electrons. The van der Waals surface area contributed by atoms with Gasteiger partial charge in [-0.15, -0.1) is 0 Å². The lowest BCUT2D eigenvalue weighted by Crippen LogP contribution is -2.43. The van der Waals surface area contributed by atoms with Gasteiger partial charge < -0.3 is 35.6 Å². The molecule has 51 heavy (non-hydrogen) atoms. The maximum absolute atomic E-state index is 12.9. The van der Waals surface area contributed by atoms with Gasteiger partial charge in [-0.25, -0.2) is 0 Å². The third-order valence-corrected chi connectivity index (χ3v) is 10.7. The number of anilines is 1. The molecule has 0 aromatic heterocycles. The summed E-state index contributed by atoms with van der Waals surface area (Å²) in [4.78, 5) is 12.9. The van der Waals surface area contributed by atoms with Crippen molar-refractivity contribution in [3.8, 4) is 11.5 Å². The Kier molecular flexibility index (Phi) is 17.6. The summed E-state index contributed by atoms with van der Waals surface area (Å²) < 4.78 is 12.4. The zero-order valence-corrected chi connectivity index (χ0v) is 31.6. The molecule has 4 rings (SSSR count). The Morgan fingerprint density at radius 3 is 2.63 bits per heavy atom. The van der Waals surface area contributed by atoms with Crippen LogP contribution in [0, 0.1) is 11.8 Å². The molecule has 0 saturated carbocycles. The molecule has 5 N–H and O–H groups in total. The summed E-state index contributed by atoms with van der Waals surface area (Å²) in [5.41, 5.74) is 4.37. The van der Waals surface area contributed by atoms with Gasteiger partial charge in [-0.1, -0.05) is 94.0 Å². The van der Waals surface area contributed by atoms with E-state index in [1.54, 1.807) is 19.2 Å². The lowest BCUT2D eigenvalue weighted by atomic mass is 9.82. The van der Waals surface area contributed by atoms with Crippen LogP contribution in [0.2, 0.25) is 5.02 Å². The molecule has 4 atom stereocenters. The lowest BCUT2D eigenvalue weighted by Gasteiger charge is -2.35. The molecule has 1 saturated heterocycles. The number of methoxy groups -OCH3 is 1. The number of carbonyl (C=O) groups is 1. The Hall–Kier alpha value is -3.14. The maximum Gasteiger partial charge on any atom is 0.224 e. The topological polar surface area (TPSA) is 112 Å². The molecular weight excluding hydrogens is 662 g/mol. The number of phenols is 1. The maximum atomic E-state index is 12.9. The van der Waals surface area contributed by atoms with Crippen LogP contribution in [-0.4, -0.2) is 55.6 Å². The van der Waals surface area contributed by atoms with Crippen molar-refractivity contribution in [2.45, 2.75) is 103 Å². The van der Waals surface area contributed by atoms with Crippen molar-refractivity contribution < 1.29 is 24.5 Å². The van der Waals surface area contributed by atoms with Crippen LogP contribution < -0.4 is 20.7 Å². The largest absolute Gasteiger partial charge is 0.508 e. The number of hydrogen-bond acceptors (Lipinski definition) is 7. The van der Waals surface area contributed by atoms with Gasteiger partial charge >= 0.3 is 0 Å². The highest BCUT2D eigenvalue weighted by atomic mass is 35.5. The highest BCUT2D eigenvalue weighted by molar-refractivity contribution is 6.33. The minimum absolute atomic E-state index is 0.0476. The third kappa shape index (κ3) is 12.8. The Balaban J connectivity index is 1.19. The lowest BCUT2D eigenvalue weighted by molar-refractivity contribution is -0.116. The molecule has 0 spiro atoms. The van der Waals surface area contributed by atoms with Crippen molar-refractivity contribution in [3.63, 3.8) is 0 Å². The molecule has 1 fully saturated rings. The van der Waals surface area contributed by atoms with Gasteiger partial charge in [0, 0.05) is 42.6 Å². The van der Waals surface area contributed by atoms with E-state index in [1.807, 2.05) is 18.2 Å². The Bertz CT molecular complexity index is 1470. The average Bonchev–Trinajstić information content (AvgIpc) is 3.15. The molecule has 1 aliphatic rings. The summed E-state index contributed by atoms with van der Waals surface area (Å²) in [6.45, 7) is 8.32. The normalized spacial score (nSPS) is 17.2.